The van der Waals surface area contributed by atoms with Gasteiger partial charge in [-0.25, -0.2) is 0 Å². The molecule has 2 aliphatic heterocycles. The van der Waals surface area contributed by atoms with Crippen LogP contribution in [0.3, 0.4) is 0 Å². The minimum atomic E-state index is 0. The number of aliphatic imine (C=N–C) groups is 4. The van der Waals surface area contributed by atoms with Gasteiger partial charge in [0.25, 0.3) is 0 Å². The van der Waals surface area contributed by atoms with E-state index < -0.39 is 0 Å². The summed E-state index contributed by atoms with van der Waals surface area (Å²) in [6.07, 6.45) is 8.01. The van der Waals surface area contributed by atoms with Crippen LogP contribution in [0.2, 0.25) is 0 Å². The van der Waals surface area contributed by atoms with Crippen LogP contribution in [0, 0.1) is 97.1 Å². The van der Waals surface area contributed by atoms with Crippen LogP contribution in [0.15, 0.2) is 116 Å². The first-order valence-electron chi connectivity index (χ1n) is 20.5. The van der Waals surface area contributed by atoms with E-state index in [4.69, 9.17) is 41.2 Å². The van der Waals surface area contributed by atoms with Gasteiger partial charge in [0.1, 0.15) is 0 Å². The van der Waals surface area contributed by atoms with Gasteiger partial charge in [-0.15, -0.1) is 0 Å². The van der Waals surface area contributed by atoms with Crippen molar-refractivity contribution in [3.8, 4) is 0 Å². The van der Waals surface area contributed by atoms with Crippen LogP contribution in [-0.2, 0) is 0 Å². The summed E-state index contributed by atoms with van der Waals surface area (Å²) in [6.45, 7) is 32.8. The molecule has 312 valence electrons. The van der Waals surface area contributed by atoms with E-state index in [2.05, 4.69) is 104 Å². The molecular formula is C52H60CeN8. The molecule has 0 radical (unpaired) electrons. The summed E-state index contributed by atoms with van der Waals surface area (Å²) in [7, 11) is 0. The Bertz CT molecular complexity index is 2240. The Morgan fingerprint density at radius 2 is 0.426 bits per heavy atom. The van der Waals surface area contributed by atoms with Crippen molar-refractivity contribution in [2.75, 3.05) is 0 Å². The second-order valence-corrected chi connectivity index (χ2v) is 16.3. The van der Waals surface area contributed by atoms with Gasteiger partial charge in [0.05, 0.1) is 22.7 Å². The van der Waals surface area contributed by atoms with Crippen LogP contribution in [0.25, 0.3) is 21.3 Å². The second-order valence-electron chi connectivity index (χ2n) is 16.3. The zero-order valence-electron chi connectivity index (χ0n) is 39.0. The molecular weight excluding hydrogens is 877 g/mol. The summed E-state index contributed by atoms with van der Waals surface area (Å²) in [5.41, 5.74) is 23.6. The third-order valence-electron chi connectivity index (χ3n) is 10.4. The Kier molecular flexibility index (Phi) is 17.0. The van der Waals surface area contributed by atoms with Crippen LogP contribution in [-0.4, -0.2) is 22.8 Å². The van der Waals surface area contributed by atoms with E-state index in [0.717, 1.165) is 91.1 Å². The molecule has 0 aromatic heterocycles. The standard InChI is InChI=1S/2C26H30N4.Ce/c2*1-15-9-23-24(10-16(15)2)28-20(6)14-22(8)30-26-12-18(4)17(3)11-25(26)29-21(7)13-19(5)27-23;/h2*9-14H,1-8H3;/q2*-2;+4/b2*19-13-,20-14-,29-21?,30-22?;. The zero-order chi connectivity index (χ0) is 44.0. The topological polar surface area (TPSA) is 106 Å². The number of hydrogen-bond donors (Lipinski definition) is 0. The molecule has 0 amide bonds. The van der Waals surface area contributed by atoms with Gasteiger partial charge in [-0.3, -0.25) is 20.0 Å². The van der Waals surface area contributed by atoms with Crippen molar-refractivity contribution in [2.24, 2.45) is 20.0 Å². The molecule has 0 aliphatic carbocycles. The smallest absolute Gasteiger partial charge is 0.662 e. The van der Waals surface area contributed by atoms with Crippen molar-refractivity contribution >= 4 is 68.3 Å². The molecule has 0 bridgehead atoms. The van der Waals surface area contributed by atoms with Crippen LogP contribution in [0.5, 0.6) is 0 Å². The Morgan fingerprint density at radius 1 is 0.262 bits per heavy atom. The van der Waals surface area contributed by atoms with Crippen LogP contribution >= 0.6 is 0 Å². The largest absolute Gasteiger partial charge is 4.00 e. The number of rotatable bonds is 0. The first-order chi connectivity index (χ1) is 28.2. The van der Waals surface area contributed by atoms with Gasteiger partial charge in [-0.05, 0) is 152 Å². The summed E-state index contributed by atoms with van der Waals surface area (Å²) in [5.74, 6) is 0. The molecule has 0 saturated heterocycles. The molecule has 2 aliphatic rings. The molecule has 0 spiro atoms. The Balaban J connectivity index is 0.000000264. The molecule has 2 heterocycles. The van der Waals surface area contributed by atoms with Crippen molar-refractivity contribution < 1.29 is 41.7 Å². The summed E-state index contributed by atoms with van der Waals surface area (Å²) < 4.78 is 0. The van der Waals surface area contributed by atoms with Crippen LogP contribution in [0.1, 0.15) is 99.9 Å². The molecule has 0 atom stereocenters. The molecule has 0 saturated carbocycles. The van der Waals surface area contributed by atoms with E-state index in [9.17, 15) is 0 Å². The maximum absolute atomic E-state index is 4.85. The van der Waals surface area contributed by atoms with Crippen molar-refractivity contribution in [3.63, 3.8) is 0 Å². The number of nitrogens with zero attached hydrogens (tertiary/aromatic N) is 8. The molecule has 0 N–H and O–H groups in total. The summed E-state index contributed by atoms with van der Waals surface area (Å²) in [4.78, 5) is 19.4. The quantitative estimate of drug-likeness (QED) is 0.167. The van der Waals surface area contributed by atoms with Crippen LogP contribution in [0.4, 0.5) is 45.5 Å². The van der Waals surface area contributed by atoms with Crippen molar-refractivity contribution in [2.45, 2.75) is 111 Å². The Morgan fingerprint density at radius 3 is 0.607 bits per heavy atom. The molecule has 0 unspecified atom stereocenters. The van der Waals surface area contributed by atoms with E-state index in [0.29, 0.717) is 0 Å². The van der Waals surface area contributed by atoms with Crippen LogP contribution < -0.4 is 0 Å². The van der Waals surface area contributed by atoms with E-state index >= 15 is 0 Å². The van der Waals surface area contributed by atoms with Crippen molar-refractivity contribution in [3.05, 3.63) is 161 Å². The third-order valence-corrected chi connectivity index (χ3v) is 10.4. The minimum absolute atomic E-state index is 0. The Hall–Kier alpha value is -4.90. The predicted molar refractivity (Wildman–Crippen MR) is 262 cm³/mol. The maximum atomic E-state index is 4.85. The van der Waals surface area contributed by atoms with Gasteiger partial charge in [-0.2, -0.15) is 45.5 Å². The second kappa shape index (κ2) is 21.3. The first-order valence-corrected chi connectivity index (χ1v) is 20.5. The summed E-state index contributed by atoms with van der Waals surface area (Å²) in [5, 5.41) is 19.4. The molecule has 0 fully saturated rings. The summed E-state index contributed by atoms with van der Waals surface area (Å²) >= 11 is 0. The monoisotopic (exact) mass is 936 g/mol. The van der Waals surface area contributed by atoms with Gasteiger partial charge >= 0.3 is 41.7 Å². The number of benzene rings is 4. The molecule has 4 aromatic rings. The molecule has 61 heavy (non-hydrogen) atoms. The van der Waals surface area contributed by atoms with E-state index in [-0.39, 0.29) is 41.7 Å². The van der Waals surface area contributed by atoms with E-state index in [1.807, 2.05) is 79.7 Å². The number of fused-ring (bicyclic) bond motifs is 4. The SMILES string of the molecule is CC1=Nc2cc(C)c(C)cc2N=C(C)/C=C(/C)[N-]c2cc(C)c(C)cc2[N-]/C(C)=C\1.CC1=Nc2cc(C)c(C)cc2N=C(C)/C=C(/C)[N-]c2cc(C)c(C)cc2[N-]/C(C)=C\1.[Ce+4]. The molecule has 9 heteroatoms. The van der Waals surface area contributed by atoms with Gasteiger partial charge in [0, 0.05) is 22.8 Å². The average molecular weight is 937 g/mol. The molecule has 4 aromatic carbocycles. The average Bonchev–Trinajstić information content (AvgIpc) is 3.12. The van der Waals surface area contributed by atoms with Gasteiger partial charge in [0.2, 0.25) is 0 Å². The van der Waals surface area contributed by atoms with E-state index in [1.165, 1.54) is 44.5 Å². The van der Waals surface area contributed by atoms with E-state index in [1.54, 1.807) is 0 Å². The minimum Gasteiger partial charge on any atom is -0.662 e. The number of hydrogen-bond acceptors (Lipinski definition) is 4. The van der Waals surface area contributed by atoms with Crippen molar-refractivity contribution in [1.82, 2.24) is 0 Å². The zero-order valence-corrected chi connectivity index (χ0v) is 42.1. The number of aryl methyl sites for hydroxylation is 8. The fourth-order valence-electron chi connectivity index (χ4n) is 6.85. The third kappa shape index (κ3) is 13.5. The predicted octanol–water partition coefficient (Wildman–Crippen LogP) is 17.3. The maximum Gasteiger partial charge on any atom is 4.00 e. The van der Waals surface area contributed by atoms with Gasteiger partial charge < -0.3 is 21.3 Å². The normalized spacial score (nSPS) is 17.8. The van der Waals surface area contributed by atoms with Crippen molar-refractivity contribution in [1.29, 1.82) is 0 Å². The fraction of sp³-hybridized carbons (Fsp3) is 0.308. The summed E-state index contributed by atoms with van der Waals surface area (Å²) in [6, 6.07) is 16.8. The first kappa shape index (κ1) is 48.8. The fourth-order valence-corrected chi connectivity index (χ4v) is 6.85. The van der Waals surface area contributed by atoms with Gasteiger partial charge in [0.15, 0.2) is 0 Å². The molecule has 8 nitrogen and oxygen atoms in total. The Labute approximate surface area is 399 Å². The van der Waals surface area contributed by atoms with Gasteiger partial charge in [-0.1, -0.05) is 76.3 Å². The molecule has 6 rings (SSSR count). The number of allylic oxidation sites excluding steroid dienone is 8.